The Kier molecular flexibility index (Phi) is 5.60. The zero-order valence-electron chi connectivity index (χ0n) is 5.93. The van der Waals surface area contributed by atoms with E-state index in [9.17, 15) is 4.79 Å². The van der Waals surface area contributed by atoms with E-state index in [2.05, 4.69) is 22.6 Å². The molecule has 0 aliphatic heterocycles. The lowest BCUT2D eigenvalue weighted by molar-refractivity contribution is -0.117. The fourth-order valence-corrected chi connectivity index (χ4v) is 1.45. The van der Waals surface area contributed by atoms with Crippen molar-refractivity contribution >= 4 is 28.4 Å². The molecular formula is C7H10INO. The molecule has 56 valence electrons. The average Bonchev–Trinajstić information content (AvgIpc) is 1.89. The van der Waals surface area contributed by atoms with Crippen LogP contribution in [-0.2, 0) is 4.79 Å². The Labute approximate surface area is 74.7 Å². The number of hydrogen-bond donors (Lipinski definition) is 0. The second kappa shape index (κ2) is 5.66. The van der Waals surface area contributed by atoms with Gasteiger partial charge in [0.05, 0.1) is 16.4 Å². The number of nitriles is 1. The first kappa shape index (κ1) is 9.89. The monoisotopic (exact) mass is 251 g/mol. The highest BCUT2D eigenvalue weighted by Gasteiger charge is 2.11. The fourth-order valence-electron chi connectivity index (χ4n) is 0.603. The lowest BCUT2D eigenvalue weighted by Gasteiger charge is -2.02. The number of hydrogen-bond acceptors (Lipinski definition) is 2. The van der Waals surface area contributed by atoms with Crippen molar-refractivity contribution in [3.63, 3.8) is 0 Å². The van der Waals surface area contributed by atoms with E-state index in [1.54, 1.807) is 0 Å². The van der Waals surface area contributed by atoms with Gasteiger partial charge in [0.2, 0.25) is 0 Å². The Bertz CT molecular complexity index is 150. The summed E-state index contributed by atoms with van der Waals surface area (Å²) in [5.41, 5.74) is 0. The molecule has 0 aromatic rings. The highest BCUT2D eigenvalue weighted by molar-refractivity contribution is 14.1. The van der Waals surface area contributed by atoms with Crippen LogP contribution in [0.2, 0.25) is 0 Å². The van der Waals surface area contributed by atoms with Crippen LogP contribution < -0.4 is 0 Å². The van der Waals surface area contributed by atoms with Crippen LogP contribution in [0, 0.1) is 11.3 Å². The SMILES string of the molecule is CCCC(I)C(=O)CC#N. The summed E-state index contributed by atoms with van der Waals surface area (Å²) in [5, 5.41) is 8.18. The largest absolute Gasteiger partial charge is 0.297 e. The van der Waals surface area contributed by atoms with Crippen LogP contribution >= 0.6 is 22.6 Å². The third kappa shape index (κ3) is 3.83. The van der Waals surface area contributed by atoms with E-state index in [-0.39, 0.29) is 16.1 Å². The quantitative estimate of drug-likeness (QED) is 0.566. The summed E-state index contributed by atoms with van der Waals surface area (Å²) in [6, 6.07) is 1.85. The molecule has 0 aromatic carbocycles. The second-order valence-electron chi connectivity index (χ2n) is 2.06. The Morgan fingerprint density at radius 1 is 1.80 bits per heavy atom. The van der Waals surface area contributed by atoms with Crippen LogP contribution in [0.5, 0.6) is 0 Å². The van der Waals surface area contributed by atoms with Crippen molar-refractivity contribution < 1.29 is 4.79 Å². The van der Waals surface area contributed by atoms with Crippen LogP contribution in [0.25, 0.3) is 0 Å². The van der Waals surface area contributed by atoms with Gasteiger partial charge in [-0.1, -0.05) is 35.9 Å². The van der Waals surface area contributed by atoms with Gasteiger partial charge in [-0.15, -0.1) is 0 Å². The molecule has 0 rings (SSSR count). The van der Waals surface area contributed by atoms with Gasteiger partial charge in [-0.3, -0.25) is 4.79 Å². The smallest absolute Gasteiger partial charge is 0.159 e. The predicted molar refractivity (Wildman–Crippen MR) is 48.0 cm³/mol. The second-order valence-corrected chi connectivity index (χ2v) is 3.56. The number of alkyl halides is 1. The van der Waals surface area contributed by atoms with Gasteiger partial charge in [0.25, 0.3) is 0 Å². The molecule has 1 atom stereocenters. The molecule has 0 aromatic heterocycles. The van der Waals surface area contributed by atoms with Crippen molar-refractivity contribution in [2.75, 3.05) is 0 Å². The van der Waals surface area contributed by atoms with E-state index in [1.165, 1.54) is 0 Å². The van der Waals surface area contributed by atoms with Gasteiger partial charge < -0.3 is 0 Å². The Morgan fingerprint density at radius 2 is 2.40 bits per heavy atom. The van der Waals surface area contributed by atoms with Gasteiger partial charge in [0, 0.05) is 0 Å². The standard InChI is InChI=1S/C7H10INO/c1-2-3-6(8)7(10)4-5-9/h6H,2-4H2,1H3. The average molecular weight is 251 g/mol. The summed E-state index contributed by atoms with van der Waals surface area (Å²) < 4.78 is 0.0437. The van der Waals surface area contributed by atoms with Gasteiger partial charge in [-0.25, -0.2) is 0 Å². The van der Waals surface area contributed by atoms with Crippen molar-refractivity contribution in [2.24, 2.45) is 0 Å². The first-order valence-electron chi connectivity index (χ1n) is 3.26. The van der Waals surface area contributed by atoms with Crippen molar-refractivity contribution in [2.45, 2.75) is 30.1 Å². The van der Waals surface area contributed by atoms with E-state index in [4.69, 9.17) is 5.26 Å². The number of Topliss-reactive ketones (excluding diaryl/α,β-unsaturated/α-hetero) is 1. The van der Waals surface area contributed by atoms with E-state index >= 15 is 0 Å². The van der Waals surface area contributed by atoms with Crippen molar-refractivity contribution in [3.05, 3.63) is 0 Å². The number of nitrogens with zero attached hydrogens (tertiary/aromatic N) is 1. The number of ketones is 1. The summed E-state index contributed by atoms with van der Waals surface area (Å²) in [7, 11) is 0. The fraction of sp³-hybridized carbons (Fsp3) is 0.714. The van der Waals surface area contributed by atoms with Crippen LogP contribution in [-0.4, -0.2) is 9.71 Å². The van der Waals surface area contributed by atoms with Crippen LogP contribution in [0.1, 0.15) is 26.2 Å². The molecular weight excluding hydrogens is 241 g/mol. The molecule has 0 N–H and O–H groups in total. The van der Waals surface area contributed by atoms with Crippen molar-refractivity contribution in [3.8, 4) is 6.07 Å². The summed E-state index contributed by atoms with van der Waals surface area (Å²) >= 11 is 2.09. The molecule has 0 fully saturated rings. The van der Waals surface area contributed by atoms with Crippen molar-refractivity contribution in [1.29, 1.82) is 5.26 Å². The molecule has 0 aliphatic rings. The third-order valence-electron chi connectivity index (χ3n) is 1.14. The summed E-state index contributed by atoms with van der Waals surface area (Å²) in [5.74, 6) is 0.0601. The maximum Gasteiger partial charge on any atom is 0.159 e. The molecule has 10 heavy (non-hydrogen) atoms. The first-order chi connectivity index (χ1) is 4.72. The van der Waals surface area contributed by atoms with Crippen LogP contribution in [0.15, 0.2) is 0 Å². The van der Waals surface area contributed by atoms with Gasteiger partial charge in [0.15, 0.2) is 5.78 Å². The lowest BCUT2D eigenvalue weighted by Crippen LogP contribution is -2.11. The predicted octanol–water partition coefficient (Wildman–Crippen LogP) is 2.07. The van der Waals surface area contributed by atoms with E-state index in [1.807, 2.05) is 13.0 Å². The molecule has 0 amide bonds. The molecule has 0 radical (unpaired) electrons. The summed E-state index contributed by atoms with van der Waals surface area (Å²) in [6.07, 6.45) is 1.96. The van der Waals surface area contributed by atoms with Crippen LogP contribution in [0.3, 0.4) is 0 Å². The minimum absolute atomic E-state index is 0.0437. The van der Waals surface area contributed by atoms with Gasteiger partial charge in [-0.2, -0.15) is 5.26 Å². The normalized spacial score (nSPS) is 12.1. The van der Waals surface area contributed by atoms with E-state index in [0.29, 0.717) is 0 Å². The Hall–Kier alpha value is -0.110. The molecule has 0 heterocycles. The van der Waals surface area contributed by atoms with E-state index in [0.717, 1.165) is 12.8 Å². The first-order valence-corrected chi connectivity index (χ1v) is 4.50. The molecule has 3 heteroatoms. The van der Waals surface area contributed by atoms with E-state index < -0.39 is 0 Å². The molecule has 0 saturated carbocycles. The zero-order chi connectivity index (χ0) is 7.98. The maximum atomic E-state index is 10.9. The van der Waals surface area contributed by atoms with Gasteiger partial charge in [0.1, 0.15) is 0 Å². The summed E-state index contributed by atoms with van der Waals surface area (Å²) in [4.78, 5) is 10.9. The Morgan fingerprint density at radius 3 is 2.80 bits per heavy atom. The number of carbonyl (C=O) groups is 1. The highest BCUT2D eigenvalue weighted by Crippen LogP contribution is 2.10. The van der Waals surface area contributed by atoms with Gasteiger partial charge in [-0.05, 0) is 6.42 Å². The maximum absolute atomic E-state index is 10.9. The minimum Gasteiger partial charge on any atom is -0.297 e. The molecule has 0 bridgehead atoms. The Balaban J connectivity index is 3.62. The number of carbonyl (C=O) groups excluding carboxylic acids is 1. The number of rotatable bonds is 4. The van der Waals surface area contributed by atoms with Crippen LogP contribution in [0.4, 0.5) is 0 Å². The zero-order valence-corrected chi connectivity index (χ0v) is 8.09. The molecule has 1 unspecified atom stereocenters. The summed E-state index contributed by atoms with van der Waals surface area (Å²) in [6.45, 7) is 2.03. The molecule has 0 spiro atoms. The molecule has 2 nitrogen and oxygen atoms in total. The highest BCUT2D eigenvalue weighted by atomic mass is 127. The molecule has 0 aliphatic carbocycles. The topological polar surface area (TPSA) is 40.9 Å². The van der Waals surface area contributed by atoms with Crippen molar-refractivity contribution in [1.82, 2.24) is 0 Å². The van der Waals surface area contributed by atoms with Gasteiger partial charge >= 0.3 is 0 Å². The molecule has 0 saturated heterocycles. The number of halogens is 1. The minimum atomic E-state index is 0.0437. The third-order valence-corrected chi connectivity index (χ3v) is 2.46. The lowest BCUT2D eigenvalue weighted by atomic mass is 10.1.